The summed E-state index contributed by atoms with van der Waals surface area (Å²) in [5.41, 5.74) is 7.85. The molecule has 0 atom stereocenters. The Morgan fingerprint density at radius 2 is 1.90 bits per heavy atom. The van der Waals surface area contributed by atoms with Gasteiger partial charge in [0.2, 0.25) is 0 Å². The van der Waals surface area contributed by atoms with E-state index in [4.69, 9.17) is 28.9 Å². The molecular weight excluding hydrogens is 363 g/mol. The zero-order valence-electron chi connectivity index (χ0n) is 10.5. The van der Waals surface area contributed by atoms with Gasteiger partial charge in [-0.25, -0.2) is 0 Å². The van der Waals surface area contributed by atoms with Crippen LogP contribution in [0.25, 0.3) is 0 Å². The van der Waals surface area contributed by atoms with E-state index in [9.17, 15) is 4.79 Å². The minimum atomic E-state index is -0.342. The molecule has 1 amide bonds. The van der Waals surface area contributed by atoms with Crippen molar-refractivity contribution < 1.29 is 4.79 Å². The lowest BCUT2D eigenvalue weighted by Crippen LogP contribution is -2.14. The van der Waals surface area contributed by atoms with E-state index in [2.05, 4.69) is 21.2 Å². The molecule has 0 radical (unpaired) electrons. The third-order valence-electron chi connectivity index (χ3n) is 2.76. The fraction of sp³-hybridized carbons (Fsp3) is 0.0714. The van der Waals surface area contributed by atoms with E-state index in [-0.39, 0.29) is 5.91 Å². The Bertz CT molecular complexity index is 689. The van der Waals surface area contributed by atoms with E-state index >= 15 is 0 Å². The van der Waals surface area contributed by atoms with Gasteiger partial charge in [0.15, 0.2) is 0 Å². The largest absolute Gasteiger partial charge is 0.398 e. The highest BCUT2D eigenvalue weighted by Crippen LogP contribution is 2.29. The lowest BCUT2D eigenvalue weighted by Gasteiger charge is -2.11. The second-order valence-electron chi connectivity index (χ2n) is 4.27. The number of halogens is 3. The van der Waals surface area contributed by atoms with E-state index < -0.39 is 0 Å². The molecule has 0 aliphatic carbocycles. The Morgan fingerprint density at radius 1 is 1.20 bits per heavy atom. The van der Waals surface area contributed by atoms with Crippen molar-refractivity contribution in [2.75, 3.05) is 11.1 Å². The predicted molar refractivity (Wildman–Crippen MR) is 87.7 cm³/mol. The topological polar surface area (TPSA) is 55.1 Å². The number of carbonyl (C=O) groups is 1. The zero-order valence-corrected chi connectivity index (χ0v) is 13.6. The van der Waals surface area contributed by atoms with Gasteiger partial charge in [-0.1, -0.05) is 39.1 Å². The lowest BCUT2D eigenvalue weighted by molar-refractivity contribution is 0.102. The van der Waals surface area contributed by atoms with Crippen LogP contribution in [0.5, 0.6) is 0 Å². The number of amides is 1. The maximum atomic E-state index is 12.2. The average Bonchev–Trinajstić information content (AvgIpc) is 2.38. The molecule has 3 nitrogen and oxygen atoms in total. The van der Waals surface area contributed by atoms with Crippen LogP contribution < -0.4 is 11.1 Å². The van der Waals surface area contributed by atoms with Crippen molar-refractivity contribution >= 4 is 56.4 Å². The van der Waals surface area contributed by atoms with Gasteiger partial charge in [0, 0.05) is 15.2 Å². The van der Waals surface area contributed by atoms with Gasteiger partial charge in [0.25, 0.3) is 5.91 Å². The second-order valence-corrected chi connectivity index (χ2v) is 6.00. The van der Waals surface area contributed by atoms with Crippen molar-refractivity contribution in [3.8, 4) is 0 Å². The minimum Gasteiger partial charge on any atom is -0.398 e. The normalized spacial score (nSPS) is 10.4. The van der Waals surface area contributed by atoms with Crippen molar-refractivity contribution in [1.29, 1.82) is 0 Å². The molecule has 0 fully saturated rings. The number of nitrogen functional groups attached to an aromatic ring is 1. The highest BCUT2D eigenvalue weighted by molar-refractivity contribution is 9.10. The molecule has 0 heterocycles. The third kappa shape index (κ3) is 3.26. The molecule has 0 spiro atoms. The molecule has 6 heteroatoms. The summed E-state index contributed by atoms with van der Waals surface area (Å²) in [5.74, 6) is -0.342. The Balaban J connectivity index is 2.32. The van der Waals surface area contributed by atoms with Crippen molar-refractivity contribution in [1.82, 2.24) is 0 Å². The number of nitrogens with one attached hydrogen (secondary N) is 1. The van der Waals surface area contributed by atoms with Crippen LogP contribution in [0.4, 0.5) is 11.4 Å². The van der Waals surface area contributed by atoms with E-state index in [1.165, 1.54) is 0 Å². The number of rotatable bonds is 2. The number of hydrogen-bond acceptors (Lipinski definition) is 2. The number of nitrogens with two attached hydrogens (primary N) is 1. The fourth-order valence-electron chi connectivity index (χ4n) is 1.66. The van der Waals surface area contributed by atoms with Crippen molar-refractivity contribution in [3.63, 3.8) is 0 Å². The maximum absolute atomic E-state index is 12.2. The molecule has 0 aliphatic heterocycles. The van der Waals surface area contributed by atoms with Gasteiger partial charge in [-0.3, -0.25) is 4.79 Å². The van der Waals surface area contributed by atoms with Crippen molar-refractivity contribution in [3.05, 3.63) is 56.0 Å². The summed E-state index contributed by atoms with van der Waals surface area (Å²) in [7, 11) is 0. The van der Waals surface area contributed by atoms with Crippen LogP contribution in [-0.2, 0) is 0 Å². The van der Waals surface area contributed by atoms with Gasteiger partial charge in [-0.05, 0) is 42.8 Å². The number of benzene rings is 2. The first-order chi connectivity index (χ1) is 9.38. The SMILES string of the molecule is Cc1cc(Cl)c(NC(=O)c2cc(Br)ccc2N)cc1Cl. The average molecular weight is 374 g/mol. The first-order valence-corrected chi connectivity index (χ1v) is 7.25. The first kappa shape index (κ1) is 15.2. The molecule has 0 aromatic heterocycles. The summed E-state index contributed by atoms with van der Waals surface area (Å²) in [6, 6.07) is 8.38. The quantitative estimate of drug-likeness (QED) is 0.735. The maximum Gasteiger partial charge on any atom is 0.257 e. The van der Waals surface area contributed by atoms with Crippen LogP contribution in [0.1, 0.15) is 15.9 Å². The van der Waals surface area contributed by atoms with Gasteiger partial charge in [-0.15, -0.1) is 0 Å². The zero-order chi connectivity index (χ0) is 14.9. The summed E-state index contributed by atoms with van der Waals surface area (Å²) >= 11 is 15.4. The Labute approximate surface area is 135 Å². The van der Waals surface area contributed by atoms with Crippen LogP contribution in [-0.4, -0.2) is 5.91 Å². The number of hydrogen-bond donors (Lipinski definition) is 2. The van der Waals surface area contributed by atoms with Gasteiger partial charge in [-0.2, -0.15) is 0 Å². The van der Waals surface area contributed by atoms with Crippen LogP contribution in [0, 0.1) is 6.92 Å². The Hall–Kier alpha value is -1.23. The molecule has 0 aliphatic rings. The predicted octanol–water partition coefficient (Wildman–Crippen LogP) is 4.90. The van der Waals surface area contributed by atoms with Gasteiger partial charge in [0.05, 0.1) is 16.3 Å². The van der Waals surface area contributed by atoms with Crippen molar-refractivity contribution in [2.45, 2.75) is 6.92 Å². The summed E-state index contributed by atoms with van der Waals surface area (Å²) in [6.45, 7) is 1.84. The Morgan fingerprint density at radius 3 is 2.60 bits per heavy atom. The Kier molecular flexibility index (Phi) is 4.58. The summed E-state index contributed by atoms with van der Waals surface area (Å²) in [5, 5.41) is 3.67. The van der Waals surface area contributed by atoms with Gasteiger partial charge >= 0.3 is 0 Å². The van der Waals surface area contributed by atoms with E-state index in [0.29, 0.717) is 27.0 Å². The molecule has 104 valence electrons. The second kappa shape index (κ2) is 6.04. The molecule has 3 N–H and O–H groups in total. The van der Waals surface area contributed by atoms with Crippen LogP contribution in [0.3, 0.4) is 0 Å². The molecule has 0 unspecified atom stereocenters. The minimum absolute atomic E-state index is 0.342. The molecule has 0 bridgehead atoms. The van der Waals surface area contributed by atoms with Crippen LogP contribution in [0.2, 0.25) is 10.0 Å². The monoisotopic (exact) mass is 372 g/mol. The summed E-state index contributed by atoms with van der Waals surface area (Å²) in [6.07, 6.45) is 0. The molecule has 2 rings (SSSR count). The highest BCUT2D eigenvalue weighted by Gasteiger charge is 2.13. The van der Waals surface area contributed by atoms with E-state index in [1.807, 2.05) is 6.92 Å². The van der Waals surface area contributed by atoms with Crippen LogP contribution in [0.15, 0.2) is 34.8 Å². The molecule has 20 heavy (non-hydrogen) atoms. The van der Waals surface area contributed by atoms with E-state index in [1.54, 1.807) is 30.3 Å². The van der Waals surface area contributed by atoms with Crippen molar-refractivity contribution in [2.24, 2.45) is 0 Å². The highest BCUT2D eigenvalue weighted by atomic mass is 79.9. The number of anilines is 2. The molecule has 0 saturated carbocycles. The van der Waals surface area contributed by atoms with Crippen LogP contribution >= 0.6 is 39.1 Å². The molecular formula is C14H11BrCl2N2O. The molecule has 2 aromatic rings. The van der Waals surface area contributed by atoms with Gasteiger partial charge in [0.1, 0.15) is 0 Å². The summed E-state index contributed by atoms with van der Waals surface area (Å²) in [4.78, 5) is 12.2. The standard InChI is InChI=1S/C14H11BrCl2N2O/c1-7-4-11(17)13(6-10(7)16)19-14(20)9-5-8(15)2-3-12(9)18/h2-6H,18H2,1H3,(H,19,20). The third-order valence-corrected chi connectivity index (χ3v) is 3.97. The number of aryl methyl sites for hydroxylation is 1. The lowest BCUT2D eigenvalue weighted by atomic mass is 10.1. The fourth-order valence-corrected chi connectivity index (χ4v) is 2.45. The first-order valence-electron chi connectivity index (χ1n) is 5.70. The smallest absolute Gasteiger partial charge is 0.257 e. The van der Waals surface area contributed by atoms with E-state index in [0.717, 1.165) is 10.0 Å². The summed E-state index contributed by atoms with van der Waals surface area (Å²) < 4.78 is 0.768. The van der Waals surface area contributed by atoms with Gasteiger partial charge < -0.3 is 11.1 Å². The molecule has 2 aromatic carbocycles. The molecule has 0 saturated heterocycles. The number of carbonyl (C=O) groups excluding carboxylic acids is 1.